The molecule has 1 unspecified atom stereocenters. The average molecular weight is 336 g/mol. The monoisotopic (exact) mass is 335 g/mol. The molecule has 1 atom stereocenters. The van der Waals surface area contributed by atoms with Gasteiger partial charge < -0.3 is 15.8 Å². The van der Waals surface area contributed by atoms with Crippen molar-refractivity contribution in [2.45, 2.75) is 32.8 Å². The molecule has 1 aromatic heterocycles. The van der Waals surface area contributed by atoms with Crippen LogP contribution in [-0.4, -0.2) is 17.0 Å². The van der Waals surface area contributed by atoms with Crippen LogP contribution in [0.15, 0.2) is 42.6 Å². The summed E-state index contributed by atoms with van der Waals surface area (Å²) in [6.07, 6.45) is 0.902. The molecule has 1 amide bonds. The number of halogens is 1. The van der Waals surface area contributed by atoms with Crippen molar-refractivity contribution in [3.05, 3.63) is 48.2 Å². The SMILES string of the molecule is CC(Oc1cccc(C(C)C)c1)C(=O)Nc1ccc(N)nc1.Cl. The number of rotatable bonds is 5. The van der Waals surface area contributed by atoms with Gasteiger partial charge in [-0.2, -0.15) is 0 Å². The fraction of sp³-hybridized carbons (Fsp3) is 0.294. The number of nitrogens with two attached hydrogens (primary N) is 1. The molecule has 0 saturated heterocycles. The van der Waals surface area contributed by atoms with Crippen LogP contribution in [0, 0.1) is 0 Å². The van der Waals surface area contributed by atoms with E-state index in [9.17, 15) is 4.79 Å². The zero-order valence-electron chi connectivity index (χ0n) is 13.4. The van der Waals surface area contributed by atoms with Crippen molar-refractivity contribution >= 4 is 29.8 Å². The molecule has 23 heavy (non-hydrogen) atoms. The van der Waals surface area contributed by atoms with E-state index in [1.807, 2.05) is 24.3 Å². The van der Waals surface area contributed by atoms with Crippen molar-refractivity contribution in [3.8, 4) is 5.75 Å². The summed E-state index contributed by atoms with van der Waals surface area (Å²) < 4.78 is 5.71. The van der Waals surface area contributed by atoms with Crippen molar-refractivity contribution in [1.29, 1.82) is 0 Å². The first-order chi connectivity index (χ1) is 10.5. The number of nitrogens with zero attached hydrogens (tertiary/aromatic N) is 1. The second-order valence-electron chi connectivity index (χ2n) is 5.45. The van der Waals surface area contributed by atoms with Crippen LogP contribution in [0.4, 0.5) is 11.5 Å². The van der Waals surface area contributed by atoms with Gasteiger partial charge in [-0.05, 0) is 42.7 Å². The Labute approximate surface area is 142 Å². The molecule has 1 heterocycles. The molecule has 1 aromatic carbocycles. The fourth-order valence-electron chi connectivity index (χ4n) is 1.93. The lowest BCUT2D eigenvalue weighted by Gasteiger charge is -2.16. The molecule has 0 aliphatic heterocycles. The average Bonchev–Trinajstić information content (AvgIpc) is 2.49. The van der Waals surface area contributed by atoms with Crippen molar-refractivity contribution in [2.75, 3.05) is 11.1 Å². The van der Waals surface area contributed by atoms with Crippen molar-refractivity contribution in [2.24, 2.45) is 0 Å². The zero-order valence-corrected chi connectivity index (χ0v) is 14.3. The second-order valence-corrected chi connectivity index (χ2v) is 5.45. The molecular formula is C17H22ClN3O2. The fourth-order valence-corrected chi connectivity index (χ4v) is 1.93. The van der Waals surface area contributed by atoms with Crippen LogP contribution < -0.4 is 15.8 Å². The molecule has 0 fully saturated rings. The molecule has 2 rings (SSSR count). The van der Waals surface area contributed by atoms with E-state index in [1.165, 1.54) is 11.8 Å². The first-order valence-corrected chi connectivity index (χ1v) is 7.24. The third-order valence-corrected chi connectivity index (χ3v) is 3.26. The molecule has 0 spiro atoms. The maximum Gasteiger partial charge on any atom is 0.265 e. The Morgan fingerprint density at radius 2 is 1.96 bits per heavy atom. The van der Waals surface area contributed by atoms with Crippen LogP contribution in [-0.2, 0) is 4.79 Å². The Morgan fingerprint density at radius 1 is 1.22 bits per heavy atom. The molecule has 3 N–H and O–H groups in total. The van der Waals surface area contributed by atoms with Crippen molar-refractivity contribution in [1.82, 2.24) is 4.98 Å². The number of hydrogen-bond donors (Lipinski definition) is 2. The highest BCUT2D eigenvalue weighted by Gasteiger charge is 2.15. The molecule has 0 aliphatic rings. The predicted molar refractivity (Wildman–Crippen MR) is 95.1 cm³/mol. The van der Waals surface area contributed by atoms with Crippen LogP contribution in [0.25, 0.3) is 0 Å². The van der Waals surface area contributed by atoms with Crippen molar-refractivity contribution < 1.29 is 9.53 Å². The highest BCUT2D eigenvalue weighted by atomic mass is 35.5. The first kappa shape index (κ1) is 18.8. The molecule has 5 nitrogen and oxygen atoms in total. The first-order valence-electron chi connectivity index (χ1n) is 7.24. The van der Waals surface area contributed by atoms with E-state index in [0.29, 0.717) is 23.2 Å². The van der Waals surface area contributed by atoms with Gasteiger partial charge in [0, 0.05) is 0 Å². The van der Waals surface area contributed by atoms with E-state index in [4.69, 9.17) is 10.5 Å². The highest BCUT2D eigenvalue weighted by molar-refractivity contribution is 5.94. The lowest BCUT2D eigenvalue weighted by atomic mass is 10.0. The third kappa shape index (κ3) is 5.45. The number of aromatic nitrogens is 1. The number of amides is 1. The lowest BCUT2D eigenvalue weighted by molar-refractivity contribution is -0.122. The van der Waals surface area contributed by atoms with E-state index in [-0.39, 0.29) is 18.3 Å². The number of nitrogens with one attached hydrogen (secondary N) is 1. The number of benzene rings is 1. The quantitative estimate of drug-likeness (QED) is 0.875. The number of nitrogen functional groups attached to an aromatic ring is 1. The summed E-state index contributed by atoms with van der Waals surface area (Å²) in [4.78, 5) is 16.1. The standard InChI is InChI=1S/C17H21N3O2.ClH/c1-11(2)13-5-4-6-15(9-13)22-12(3)17(21)20-14-7-8-16(18)19-10-14;/h4-12H,1-3H3,(H2,18,19)(H,20,21);1H. The number of hydrogen-bond acceptors (Lipinski definition) is 4. The molecular weight excluding hydrogens is 314 g/mol. The Bertz CT molecular complexity index is 645. The molecule has 0 bridgehead atoms. The van der Waals surface area contributed by atoms with Crippen LogP contribution in [0.3, 0.4) is 0 Å². The van der Waals surface area contributed by atoms with Gasteiger partial charge in [0.1, 0.15) is 11.6 Å². The molecule has 6 heteroatoms. The number of ether oxygens (including phenoxy) is 1. The molecule has 0 radical (unpaired) electrons. The third-order valence-electron chi connectivity index (χ3n) is 3.26. The summed E-state index contributed by atoms with van der Waals surface area (Å²) in [6.45, 7) is 5.94. The van der Waals surface area contributed by atoms with Crippen LogP contribution in [0.2, 0.25) is 0 Å². The normalized spacial score (nSPS) is 11.5. The molecule has 0 aliphatic carbocycles. The Balaban J connectivity index is 0.00000264. The lowest BCUT2D eigenvalue weighted by Crippen LogP contribution is -2.30. The molecule has 0 saturated carbocycles. The number of pyridine rings is 1. The summed E-state index contributed by atoms with van der Waals surface area (Å²) >= 11 is 0. The smallest absolute Gasteiger partial charge is 0.265 e. The maximum atomic E-state index is 12.1. The van der Waals surface area contributed by atoms with Gasteiger partial charge in [-0.3, -0.25) is 4.79 Å². The van der Waals surface area contributed by atoms with Gasteiger partial charge in [0.05, 0.1) is 11.9 Å². The number of carbonyl (C=O) groups excluding carboxylic acids is 1. The topological polar surface area (TPSA) is 77.2 Å². The number of carbonyl (C=O) groups is 1. The summed E-state index contributed by atoms with van der Waals surface area (Å²) in [5.41, 5.74) is 7.27. The van der Waals surface area contributed by atoms with E-state index in [0.717, 1.165) is 0 Å². The van der Waals surface area contributed by atoms with Gasteiger partial charge in [-0.15, -0.1) is 12.4 Å². The Hall–Kier alpha value is -2.27. The zero-order chi connectivity index (χ0) is 16.1. The van der Waals surface area contributed by atoms with Gasteiger partial charge in [0.15, 0.2) is 6.10 Å². The summed E-state index contributed by atoms with van der Waals surface area (Å²) in [5.74, 6) is 1.27. The van der Waals surface area contributed by atoms with Gasteiger partial charge in [-0.1, -0.05) is 26.0 Å². The van der Waals surface area contributed by atoms with Gasteiger partial charge in [0.25, 0.3) is 5.91 Å². The van der Waals surface area contributed by atoms with Gasteiger partial charge >= 0.3 is 0 Å². The molecule has 124 valence electrons. The Kier molecular flexibility index (Phi) is 6.85. The summed E-state index contributed by atoms with van der Waals surface area (Å²) in [7, 11) is 0. The minimum Gasteiger partial charge on any atom is -0.481 e. The van der Waals surface area contributed by atoms with Gasteiger partial charge in [0.2, 0.25) is 0 Å². The number of anilines is 2. The second kappa shape index (κ2) is 8.39. The van der Waals surface area contributed by atoms with Crippen molar-refractivity contribution in [3.63, 3.8) is 0 Å². The van der Waals surface area contributed by atoms with Crippen LogP contribution in [0.5, 0.6) is 5.75 Å². The van der Waals surface area contributed by atoms with E-state index in [2.05, 4.69) is 24.1 Å². The maximum absolute atomic E-state index is 12.1. The van der Waals surface area contributed by atoms with E-state index < -0.39 is 6.10 Å². The summed E-state index contributed by atoms with van der Waals surface area (Å²) in [6, 6.07) is 11.1. The van der Waals surface area contributed by atoms with Crippen LogP contribution >= 0.6 is 12.4 Å². The largest absolute Gasteiger partial charge is 0.481 e. The summed E-state index contributed by atoms with van der Waals surface area (Å²) in [5, 5.41) is 2.74. The molecule has 2 aromatic rings. The highest BCUT2D eigenvalue weighted by Crippen LogP contribution is 2.21. The minimum atomic E-state index is -0.611. The van der Waals surface area contributed by atoms with E-state index in [1.54, 1.807) is 19.1 Å². The predicted octanol–water partition coefficient (Wildman–Crippen LogP) is 3.62. The van der Waals surface area contributed by atoms with E-state index >= 15 is 0 Å². The van der Waals surface area contributed by atoms with Gasteiger partial charge in [-0.25, -0.2) is 4.98 Å². The minimum absolute atomic E-state index is 0. The van der Waals surface area contributed by atoms with Crippen LogP contribution in [0.1, 0.15) is 32.3 Å². The Morgan fingerprint density at radius 3 is 2.57 bits per heavy atom.